The second kappa shape index (κ2) is 11.5. The standard InChI is InChI=1S/C26H32O6/c1-18(9-13-24(28)26(4,5)32-20(3)27)7-6-8-19(2)15-16-30-22-12-10-21-11-14-25(29)31-23(21)17-22/h7,10-12,14-15,17H,6,8-9,13,16H2,1-5H3/b18-7+,19-15+. The Morgan fingerprint density at radius 1 is 0.969 bits per heavy atom. The van der Waals surface area contributed by atoms with Crippen LogP contribution in [0.2, 0.25) is 0 Å². The second-order valence-corrected chi connectivity index (χ2v) is 8.43. The van der Waals surface area contributed by atoms with Crippen LogP contribution in [0.25, 0.3) is 11.0 Å². The molecule has 0 saturated heterocycles. The van der Waals surface area contributed by atoms with Crippen LogP contribution in [0.5, 0.6) is 5.75 Å². The van der Waals surface area contributed by atoms with Crippen LogP contribution in [0.1, 0.15) is 60.3 Å². The maximum Gasteiger partial charge on any atom is 0.336 e. The van der Waals surface area contributed by atoms with Crippen LogP contribution in [0, 0.1) is 0 Å². The maximum absolute atomic E-state index is 12.3. The van der Waals surface area contributed by atoms with E-state index in [4.69, 9.17) is 13.9 Å². The zero-order valence-electron chi connectivity index (χ0n) is 19.5. The molecular formula is C26H32O6. The third-order valence-corrected chi connectivity index (χ3v) is 5.12. The molecule has 0 saturated carbocycles. The van der Waals surface area contributed by atoms with Gasteiger partial charge in [-0.3, -0.25) is 9.59 Å². The number of allylic oxidation sites excluding steroid dienone is 3. The Labute approximate surface area is 188 Å². The van der Waals surface area contributed by atoms with E-state index < -0.39 is 11.6 Å². The number of hydrogen-bond donors (Lipinski definition) is 0. The zero-order valence-corrected chi connectivity index (χ0v) is 19.5. The first-order chi connectivity index (χ1) is 15.1. The lowest BCUT2D eigenvalue weighted by atomic mass is 9.97. The highest BCUT2D eigenvalue weighted by Crippen LogP contribution is 2.20. The molecule has 2 aromatic rings. The molecule has 0 bridgehead atoms. The topological polar surface area (TPSA) is 82.8 Å². The van der Waals surface area contributed by atoms with Crippen molar-refractivity contribution in [3.63, 3.8) is 0 Å². The van der Waals surface area contributed by atoms with Gasteiger partial charge in [-0.05, 0) is 71.2 Å². The van der Waals surface area contributed by atoms with Gasteiger partial charge in [0.2, 0.25) is 0 Å². The Kier molecular flexibility index (Phi) is 9.00. The second-order valence-electron chi connectivity index (χ2n) is 8.43. The molecule has 32 heavy (non-hydrogen) atoms. The van der Waals surface area contributed by atoms with E-state index in [1.807, 2.05) is 25.1 Å². The fourth-order valence-corrected chi connectivity index (χ4v) is 3.19. The van der Waals surface area contributed by atoms with Crippen molar-refractivity contribution in [3.05, 3.63) is 64.1 Å². The summed E-state index contributed by atoms with van der Waals surface area (Å²) in [5.74, 6) is 0.115. The fourth-order valence-electron chi connectivity index (χ4n) is 3.19. The van der Waals surface area contributed by atoms with E-state index in [1.54, 1.807) is 26.0 Å². The molecule has 6 nitrogen and oxygen atoms in total. The lowest BCUT2D eigenvalue weighted by Gasteiger charge is -2.22. The summed E-state index contributed by atoms with van der Waals surface area (Å²) in [6, 6.07) is 8.54. The molecule has 0 N–H and O–H groups in total. The summed E-state index contributed by atoms with van der Waals surface area (Å²) in [5.41, 5.74) is 1.38. The predicted molar refractivity (Wildman–Crippen MR) is 125 cm³/mol. The first-order valence-corrected chi connectivity index (χ1v) is 10.8. The van der Waals surface area contributed by atoms with E-state index >= 15 is 0 Å². The van der Waals surface area contributed by atoms with Crippen molar-refractivity contribution in [2.24, 2.45) is 0 Å². The van der Waals surface area contributed by atoms with Gasteiger partial charge in [0.1, 0.15) is 17.9 Å². The summed E-state index contributed by atoms with van der Waals surface area (Å²) in [7, 11) is 0. The average Bonchev–Trinajstić information content (AvgIpc) is 2.70. The van der Waals surface area contributed by atoms with Crippen LogP contribution in [-0.2, 0) is 14.3 Å². The smallest absolute Gasteiger partial charge is 0.336 e. The van der Waals surface area contributed by atoms with E-state index in [0.717, 1.165) is 23.8 Å². The van der Waals surface area contributed by atoms with E-state index in [0.29, 0.717) is 30.8 Å². The maximum atomic E-state index is 12.3. The van der Waals surface area contributed by atoms with Crippen molar-refractivity contribution in [1.82, 2.24) is 0 Å². The summed E-state index contributed by atoms with van der Waals surface area (Å²) in [6.45, 7) is 9.04. The third-order valence-electron chi connectivity index (χ3n) is 5.12. The molecule has 0 amide bonds. The first-order valence-electron chi connectivity index (χ1n) is 10.8. The zero-order chi connectivity index (χ0) is 23.7. The molecule has 1 heterocycles. The van der Waals surface area contributed by atoms with Crippen molar-refractivity contribution in [3.8, 4) is 5.75 Å². The van der Waals surface area contributed by atoms with Crippen LogP contribution < -0.4 is 10.4 Å². The molecule has 2 rings (SSSR count). The van der Waals surface area contributed by atoms with E-state index in [9.17, 15) is 14.4 Å². The minimum atomic E-state index is -1.08. The highest BCUT2D eigenvalue weighted by Gasteiger charge is 2.29. The van der Waals surface area contributed by atoms with Gasteiger partial charge < -0.3 is 13.9 Å². The number of esters is 1. The van der Waals surface area contributed by atoms with Crippen LogP contribution in [-0.4, -0.2) is 24.0 Å². The minimum absolute atomic E-state index is 0.0818. The fraction of sp³-hybridized carbons (Fsp3) is 0.423. The van der Waals surface area contributed by atoms with Gasteiger partial charge in [0.15, 0.2) is 11.4 Å². The van der Waals surface area contributed by atoms with Crippen molar-refractivity contribution >= 4 is 22.7 Å². The first kappa shape index (κ1) is 25.1. The molecule has 0 aliphatic heterocycles. The molecule has 0 spiro atoms. The minimum Gasteiger partial charge on any atom is -0.489 e. The summed E-state index contributed by atoms with van der Waals surface area (Å²) in [5, 5.41) is 0.850. The molecule has 0 unspecified atom stereocenters. The molecule has 0 atom stereocenters. The monoisotopic (exact) mass is 440 g/mol. The molecule has 1 aromatic carbocycles. The molecule has 0 radical (unpaired) electrons. The quantitative estimate of drug-likeness (QED) is 0.259. The number of ketones is 1. The number of carbonyl (C=O) groups is 2. The van der Waals surface area contributed by atoms with Gasteiger partial charge in [0, 0.05) is 30.9 Å². The number of Topliss-reactive ketones (excluding diaryl/α,β-unsaturated/α-hetero) is 1. The molecule has 0 aliphatic carbocycles. The SMILES string of the molecule is CC(=O)OC(C)(C)C(=O)CC/C(C)=C/CC/C(C)=C/COc1ccc2ccc(=O)oc2c1. The molecule has 0 fully saturated rings. The number of rotatable bonds is 11. The predicted octanol–water partition coefficient (Wildman–Crippen LogP) is 5.54. The summed E-state index contributed by atoms with van der Waals surface area (Å²) >= 11 is 0. The number of hydrogen-bond acceptors (Lipinski definition) is 6. The molecular weight excluding hydrogens is 408 g/mol. The van der Waals surface area contributed by atoms with Gasteiger partial charge in [0.05, 0.1) is 0 Å². The summed E-state index contributed by atoms with van der Waals surface area (Å²) in [6.07, 6.45) is 6.91. The number of ether oxygens (including phenoxy) is 2. The van der Waals surface area contributed by atoms with Gasteiger partial charge in [-0.1, -0.05) is 17.2 Å². The normalized spacial score (nSPS) is 12.7. The van der Waals surface area contributed by atoms with Crippen molar-refractivity contribution in [2.75, 3.05) is 6.61 Å². The Morgan fingerprint density at radius 2 is 1.66 bits per heavy atom. The van der Waals surface area contributed by atoms with Gasteiger partial charge >= 0.3 is 11.6 Å². The summed E-state index contributed by atoms with van der Waals surface area (Å²) in [4.78, 5) is 34.7. The van der Waals surface area contributed by atoms with Crippen LogP contribution in [0.3, 0.4) is 0 Å². The highest BCUT2D eigenvalue weighted by atomic mass is 16.6. The molecule has 1 aromatic heterocycles. The molecule has 6 heteroatoms. The highest BCUT2D eigenvalue weighted by molar-refractivity contribution is 5.88. The largest absolute Gasteiger partial charge is 0.489 e. The Hall–Kier alpha value is -3.15. The van der Waals surface area contributed by atoms with Crippen LogP contribution >= 0.6 is 0 Å². The van der Waals surface area contributed by atoms with Crippen LogP contribution in [0.15, 0.2) is 62.8 Å². The lowest BCUT2D eigenvalue weighted by molar-refractivity contribution is -0.161. The van der Waals surface area contributed by atoms with Gasteiger partial charge in [0.25, 0.3) is 0 Å². The summed E-state index contributed by atoms with van der Waals surface area (Å²) < 4.78 is 16.0. The van der Waals surface area contributed by atoms with E-state index in [-0.39, 0.29) is 11.4 Å². The van der Waals surface area contributed by atoms with Crippen molar-refractivity contribution in [2.45, 2.75) is 65.9 Å². The Bertz CT molecular complexity index is 1070. The Balaban J connectivity index is 1.76. The molecule has 0 aliphatic rings. The van der Waals surface area contributed by atoms with Crippen LogP contribution in [0.4, 0.5) is 0 Å². The average molecular weight is 441 g/mol. The van der Waals surface area contributed by atoms with E-state index in [1.165, 1.54) is 18.6 Å². The molecule has 172 valence electrons. The number of fused-ring (bicyclic) bond motifs is 1. The lowest BCUT2D eigenvalue weighted by Crippen LogP contribution is -2.36. The Morgan fingerprint density at radius 3 is 2.38 bits per heavy atom. The number of carbonyl (C=O) groups excluding carboxylic acids is 2. The third kappa shape index (κ3) is 8.17. The number of benzene rings is 1. The van der Waals surface area contributed by atoms with Crippen molar-refractivity contribution in [1.29, 1.82) is 0 Å². The van der Waals surface area contributed by atoms with Gasteiger partial charge in [-0.15, -0.1) is 0 Å². The van der Waals surface area contributed by atoms with Gasteiger partial charge in [-0.25, -0.2) is 4.79 Å². The van der Waals surface area contributed by atoms with E-state index in [2.05, 4.69) is 13.0 Å². The van der Waals surface area contributed by atoms with Gasteiger partial charge in [-0.2, -0.15) is 0 Å². The van der Waals surface area contributed by atoms with Crippen molar-refractivity contribution < 1.29 is 23.5 Å².